The van der Waals surface area contributed by atoms with Crippen molar-refractivity contribution in [2.24, 2.45) is 0 Å². The van der Waals surface area contributed by atoms with E-state index >= 15 is 0 Å². The Kier molecular flexibility index (Phi) is 4.45. The maximum atomic E-state index is 12.5. The molecule has 2 aromatic carbocycles. The van der Waals surface area contributed by atoms with Crippen LogP contribution in [-0.2, 0) is 0 Å². The Balaban J connectivity index is 1.63. The zero-order valence-electron chi connectivity index (χ0n) is 14.6. The minimum Gasteiger partial charge on any atom is -0.334 e. The van der Waals surface area contributed by atoms with E-state index in [1.54, 1.807) is 24.4 Å². The average molecular weight is 356 g/mol. The van der Waals surface area contributed by atoms with E-state index in [1.165, 1.54) is 0 Å². The highest BCUT2D eigenvalue weighted by atomic mass is 16.5. The summed E-state index contributed by atoms with van der Waals surface area (Å²) in [6.07, 6.45) is 1.70. The Bertz CT molecular complexity index is 1070. The van der Waals surface area contributed by atoms with Crippen LogP contribution in [0.25, 0.3) is 22.8 Å². The summed E-state index contributed by atoms with van der Waals surface area (Å²) in [5.41, 5.74) is 3.51. The second-order valence-electron chi connectivity index (χ2n) is 5.98. The lowest BCUT2D eigenvalue weighted by Crippen LogP contribution is -2.12. The van der Waals surface area contributed by atoms with E-state index in [0.717, 1.165) is 11.3 Å². The fourth-order valence-electron chi connectivity index (χ4n) is 2.61. The van der Waals surface area contributed by atoms with Gasteiger partial charge in [-0.2, -0.15) is 4.98 Å². The molecule has 0 aliphatic carbocycles. The van der Waals surface area contributed by atoms with Gasteiger partial charge in [-0.25, -0.2) is 0 Å². The molecule has 0 bridgehead atoms. The first kappa shape index (κ1) is 16.7. The van der Waals surface area contributed by atoms with Crippen molar-refractivity contribution in [1.29, 1.82) is 0 Å². The number of para-hydroxylation sites is 1. The first-order valence-electron chi connectivity index (χ1n) is 8.43. The Labute approximate surface area is 155 Å². The van der Waals surface area contributed by atoms with Gasteiger partial charge in [-0.3, -0.25) is 9.78 Å². The zero-order valence-corrected chi connectivity index (χ0v) is 14.6. The van der Waals surface area contributed by atoms with Crippen molar-refractivity contribution >= 4 is 11.6 Å². The lowest BCUT2D eigenvalue weighted by atomic mass is 10.1. The van der Waals surface area contributed by atoms with Crippen LogP contribution in [0.5, 0.6) is 0 Å². The van der Waals surface area contributed by atoms with Crippen molar-refractivity contribution in [2.45, 2.75) is 6.92 Å². The number of anilines is 1. The lowest BCUT2D eigenvalue weighted by molar-refractivity contribution is 0.102. The van der Waals surface area contributed by atoms with Gasteiger partial charge >= 0.3 is 0 Å². The Morgan fingerprint density at radius 3 is 2.52 bits per heavy atom. The van der Waals surface area contributed by atoms with Crippen LogP contribution in [-0.4, -0.2) is 21.0 Å². The Hall–Kier alpha value is -3.80. The van der Waals surface area contributed by atoms with Gasteiger partial charge in [0, 0.05) is 23.0 Å². The number of amides is 1. The SMILES string of the molecule is Cc1ccc(-c2noc(-c3ccccc3NC(=O)c3ccccc3)n2)cn1. The number of benzene rings is 2. The van der Waals surface area contributed by atoms with Gasteiger partial charge in [0.2, 0.25) is 5.82 Å². The predicted octanol–water partition coefficient (Wildman–Crippen LogP) is 4.36. The van der Waals surface area contributed by atoms with Gasteiger partial charge in [0.1, 0.15) is 0 Å². The molecule has 4 rings (SSSR count). The van der Waals surface area contributed by atoms with Gasteiger partial charge in [0.15, 0.2) is 0 Å². The molecule has 0 saturated carbocycles. The summed E-state index contributed by atoms with van der Waals surface area (Å²) < 4.78 is 5.42. The summed E-state index contributed by atoms with van der Waals surface area (Å²) in [6, 6.07) is 20.1. The molecule has 6 heteroatoms. The number of carbonyl (C=O) groups is 1. The van der Waals surface area contributed by atoms with Crippen LogP contribution in [0.3, 0.4) is 0 Å². The van der Waals surface area contributed by atoms with E-state index < -0.39 is 0 Å². The van der Waals surface area contributed by atoms with Crippen molar-refractivity contribution in [3.8, 4) is 22.8 Å². The molecular formula is C21H16N4O2. The maximum Gasteiger partial charge on any atom is 0.260 e. The van der Waals surface area contributed by atoms with E-state index in [2.05, 4.69) is 20.4 Å². The molecule has 6 nitrogen and oxygen atoms in total. The minimum absolute atomic E-state index is 0.203. The number of rotatable bonds is 4. The highest BCUT2D eigenvalue weighted by molar-refractivity contribution is 6.05. The molecule has 0 spiro atoms. The average Bonchev–Trinajstić information content (AvgIpc) is 3.19. The van der Waals surface area contributed by atoms with E-state index in [9.17, 15) is 4.79 Å². The van der Waals surface area contributed by atoms with Crippen molar-refractivity contribution < 1.29 is 9.32 Å². The van der Waals surface area contributed by atoms with Crippen molar-refractivity contribution in [2.75, 3.05) is 5.32 Å². The normalized spacial score (nSPS) is 10.6. The molecule has 0 aliphatic heterocycles. The molecule has 132 valence electrons. The van der Waals surface area contributed by atoms with Gasteiger partial charge in [-0.05, 0) is 43.3 Å². The molecule has 2 heterocycles. The molecule has 0 radical (unpaired) electrons. The van der Waals surface area contributed by atoms with Crippen LogP contribution in [0, 0.1) is 6.92 Å². The number of hydrogen-bond acceptors (Lipinski definition) is 5. The summed E-state index contributed by atoms with van der Waals surface area (Å²) in [4.78, 5) is 21.2. The largest absolute Gasteiger partial charge is 0.334 e. The van der Waals surface area contributed by atoms with E-state index in [1.807, 2.05) is 55.5 Å². The van der Waals surface area contributed by atoms with Gasteiger partial charge in [-0.1, -0.05) is 35.5 Å². The van der Waals surface area contributed by atoms with Crippen LogP contribution in [0.2, 0.25) is 0 Å². The molecule has 1 amide bonds. The molecule has 1 N–H and O–H groups in total. The highest BCUT2D eigenvalue weighted by Crippen LogP contribution is 2.28. The third kappa shape index (κ3) is 3.59. The fourth-order valence-corrected chi connectivity index (χ4v) is 2.61. The van der Waals surface area contributed by atoms with Gasteiger partial charge in [-0.15, -0.1) is 0 Å². The first-order valence-corrected chi connectivity index (χ1v) is 8.43. The van der Waals surface area contributed by atoms with Crippen molar-refractivity contribution in [3.05, 3.63) is 84.2 Å². The Morgan fingerprint density at radius 1 is 0.963 bits per heavy atom. The standard InChI is InChI=1S/C21H16N4O2/c1-14-11-12-16(13-22-14)19-24-21(27-25-19)17-9-5-6-10-18(17)23-20(26)15-7-3-2-4-8-15/h2-13H,1H3,(H,23,26). The van der Waals surface area contributed by atoms with E-state index in [4.69, 9.17) is 4.52 Å². The van der Waals surface area contributed by atoms with Gasteiger partial charge in [0.25, 0.3) is 11.8 Å². The minimum atomic E-state index is -0.203. The summed E-state index contributed by atoms with van der Waals surface area (Å²) in [5, 5.41) is 6.93. The number of aromatic nitrogens is 3. The molecule has 4 aromatic rings. The molecular weight excluding hydrogens is 340 g/mol. The molecule has 2 aromatic heterocycles. The zero-order chi connectivity index (χ0) is 18.6. The summed E-state index contributed by atoms with van der Waals surface area (Å²) in [6.45, 7) is 1.91. The van der Waals surface area contributed by atoms with Crippen LogP contribution >= 0.6 is 0 Å². The Morgan fingerprint density at radius 2 is 1.74 bits per heavy atom. The first-order chi connectivity index (χ1) is 13.2. The number of hydrogen-bond donors (Lipinski definition) is 1. The quantitative estimate of drug-likeness (QED) is 0.587. The monoisotopic (exact) mass is 356 g/mol. The van der Waals surface area contributed by atoms with Crippen LogP contribution in [0.4, 0.5) is 5.69 Å². The van der Waals surface area contributed by atoms with Crippen molar-refractivity contribution in [3.63, 3.8) is 0 Å². The highest BCUT2D eigenvalue weighted by Gasteiger charge is 2.16. The number of aryl methyl sites for hydroxylation is 1. The van der Waals surface area contributed by atoms with Crippen molar-refractivity contribution in [1.82, 2.24) is 15.1 Å². The molecule has 0 aliphatic rings. The fraction of sp³-hybridized carbons (Fsp3) is 0.0476. The number of pyridine rings is 1. The third-order valence-corrected chi connectivity index (χ3v) is 4.04. The van der Waals surface area contributed by atoms with Crippen LogP contribution < -0.4 is 5.32 Å². The van der Waals surface area contributed by atoms with E-state index in [-0.39, 0.29) is 5.91 Å². The van der Waals surface area contributed by atoms with Gasteiger partial charge in [0.05, 0.1) is 11.3 Å². The van der Waals surface area contributed by atoms with E-state index in [0.29, 0.717) is 28.5 Å². The molecule has 0 atom stereocenters. The molecule has 0 fully saturated rings. The van der Waals surface area contributed by atoms with Gasteiger partial charge < -0.3 is 9.84 Å². The second-order valence-corrected chi connectivity index (χ2v) is 5.98. The second kappa shape index (κ2) is 7.21. The lowest BCUT2D eigenvalue weighted by Gasteiger charge is -2.08. The predicted molar refractivity (Wildman–Crippen MR) is 102 cm³/mol. The van der Waals surface area contributed by atoms with Crippen LogP contribution in [0.1, 0.15) is 16.1 Å². The summed E-state index contributed by atoms with van der Waals surface area (Å²) >= 11 is 0. The number of nitrogens with zero attached hydrogens (tertiary/aromatic N) is 3. The molecule has 27 heavy (non-hydrogen) atoms. The van der Waals surface area contributed by atoms with Crippen LogP contribution in [0.15, 0.2) is 77.4 Å². The number of carbonyl (C=O) groups excluding carboxylic acids is 1. The molecule has 0 saturated heterocycles. The summed E-state index contributed by atoms with van der Waals surface area (Å²) in [5.74, 6) is 0.571. The number of nitrogens with one attached hydrogen (secondary N) is 1. The molecule has 0 unspecified atom stereocenters. The smallest absolute Gasteiger partial charge is 0.260 e. The topological polar surface area (TPSA) is 80.9 Å². The third-order valence-electron chi connectivity index (χ3n) is 4.04. The summed E-state index contributed by atoms with van der Waals surface area (Å²) in [7, 11) is 0. The maximum absolute atomic E-state index is 12.5.